The number of carbonyl (C=O) groups is 1. The zero-order valence-electron chi connectivity index (χ0n) is 17.6. The predicted octanol–water partition coefficient (Wildman–Crippen LogP) is 1.73. The quantitative estimate of drug-likeness (QED) is 0.175. The average Bonchev–Trinajstić information content (AvgIpc) is 2.68. The maximum Gasteiger partial charge on any atom is 0.251 e. The summed E-state index contributed by atoms with van der Waals surface area (Å²) in [6, 6.07) is 7.70. The van der Waals surface area contributed by atoms with Gasteiger partial charge in [-0.2, -0.15) is 0 Å². The molecule has 3 N–H and O–H groups in total. The second-order valence-electron chi connectivity index (χ2n) is 6.37. The Hall–Kier alpha value is -1.39. The lowest BCUT2D eigenvalue weighted by molar-refractivity contribution is 0.0963. The smallest absolute Gasteiger partial charge is 0.251 e. The molecule has 0 bridgehead atoms. The van der Waals surface area contributed by atoms with Gasteiger partial charge in [0.25, 0.3) is 5.91 Å². The van der Waals surface area contributed by atoms with E-state index in [0.29, 0.717) is 5.56 Å². The number of ether oxygens (including phenoxy) is 1. The molecule has 0 aliphatic rings. The van der Waals surface area contributed by atoms with E-state index >= 15 is 0 Å². The Morgan fingerprint density at radius 1 is 1.25 bits per heavy atom. The third-order valence-electron chi connectivity index (χ3n) is 4.11. The van der Waals surface area contributed by atoms with Gasteiger partial charge < -0.3 is 25.6 Å². The van der Waals surface area contributed by atoms with E-state index in [1.165, 1.54) is 0 Å². The molecular formula is C20H36IN5O2. The summed E-state index contributed by atoms with van der Waals surface area (Å²) in [5, 5.41) is 9.28. The molecule has 28 heavy (non-hydrogen) atoms. The molecule has 0 aromatic heterocycles. The molecule has 0 unspecified atom stereocenters. The predicted molar refractivity (Wildman–Crippen MR) is 127 cm³/mol. The molecular weight excluding hydrogens is 469 g/mol. The Kier molecular flexibility index (Phi) is 15.7. The fourth-order valence-corrected chi connectivity index (χ4v) is 2.60. The first-order chi connectivity index (χ1) is 13.1. The molecule has 0 aliphatic heterocycles. The lowest BCUT2D eigenvalue weighted by atomic mass is 10.1. The van der Waals surface area contributed by atoms with Crippen molar-refractivity contribution >= 4 is 35.8 Å². The largest absolute Gasteiger partial charge is 0.385 e. The van der Waals surface area contributed by atoms with Crippen LogP contribution in [-0.2, 0) is 11.2 Å². The van der Waals surface area contributed by atoms with Crippen LogP contribution in [0.3, 0.4) is 0 Å². The van der Waals surface area contributed by atoms with Crippen molar-refractivity contribution in [1.29, 1.82) is 0 Å². The normalized spacial score (nSPS) is 11.1. The van der Waals surface area contributed by atoms with Crippen LogP contribution in [0.5, 0.6) is 0 Å². The molecule has 7 nitrogen and oxygen atoms in total. The monoisotopic (exact) mass is 505 g/mol. The highest BCUT2D eigenvalue weighted by Crippen LogP contribution is 2.05. The van der Waals surface area contributed by atoms with E-state index in [1.54, 1.807) is 14.2 Å². The van der Waals surface area contributed by atoms with Crippen LogP contribution >= 0.6 is 24.0 Å². The minimum atomic E-state index is -0.0608. The standard InChI is InChI=1S/C20H35N5O2.HI/c1-5-22-20(24-12-14-25(3)13-7-15-27-4)23-11-10-17-8-6-9-18(16-17)19(26)21-2;/h6,8-9,16H,5,7,10-15H2,1-4H3,(H,21,26)(H2,22,23,24);1H. The molecule has 1 amide bonds. The molecule has 1 aromatic carbocycles. The molecule has 1 rings (SSSR count). The molecule has 8 heteroatoms. The Bertz CT molecular complexity index is 583. The number of benzene rings is 1. The van der Waals surface area contributed by atoms with E-state index in [4.69, 9.17) is 4.74 Å². The first kappa shape index (κ1) is 26.6. The number of aliphatic imine (C=N–C) groups is 1. The van der Waals surface area contributed by atoms with Gasteiger partial charge in [0.05, 0.1) is 6.54 Å². The van der Waals surface area contributed by atoms with Gasteiger partial charge in [-0.15, -0.1) is 24.0 Å². The summed E-state index contributed by atoms with van der Waals surface area (Å²) in [4.78, 5) is 18.6. The van der Waals surface area contributed by atoms with Gasteiger partial charge in [0.1, 0.15) is 0 Å². The SMILES string of the molecule is CCNC(=NCCN(C)CCCOC)NCCc1cccc(C(=O)NC)c1.I. The van der Waals surface area contributed by atoms with Crippen LogP contribution in [0.25, 0.3) is 0 Å². The van der Waals surface area contributed by atoms with Gasteiger partial charge in [0.15, 0.2) is 5.96 Å². The Balaban J connectivity index is 0.00000729. The highest BCUT2D eigenvalue weighted by atomic mass is 127. The molecule has 0 saturated heterocycles. The number of halogens is 1. The number of hydrogen-bond donors (Lipinski definition) is 3. The summed E-state index contributed by atoms with van der Waals surface area (Å²) < 4.78 is 5.08. The maximum absolute atomic E-state index is 11.7. The van der Waals surface area contributed by atoms with Gasteiger partial charge in [-0.1, -0.05) is 12.1 Å². The van der Waals surface area contributed by atoms with E-state index in [9.17, 15) is 4.79 Å². The zero-order valence-corrected chi connectivity index (χ0v) is 19.9. The number of methoxy groups -OCH3 is 1. The Labute approximate surface area is 186 Å². The van der Waals surface area contributed by atoms with Crippen LogP contribution in [0.4, 0.5) is 0 Å². The number of amides is 1. The summed E-state index contributed by atoms with van der Waals surface area (Å²) in [7, 11) is 5.48. The number of hydrogen-bond acceptors (Lipinski definition) is 4. The van der Waals surface area contributed by atoms with E-state index < -0.39 is 0 Å². The van der Waals surface area contributed by atoms with E-state index in [0.717, 1.165) is 63.7 Å². The van der Waals surface area contributed by atoms with Crippen LogP contribution in [0, 0.1) is 0 Å². The molecule has 1 aromatic rings. The van der Waals surface area contributed by atoms with Gasteiger partial charge in [0, 0.05) is 52.5 Å². The molecule has 0 spiro atoms. The fraction of sp³-hybridized carbons (Fsp3) is 0.600. The van der Waals surface area contributed by atoms with Crippen LogP contribution in [0.1, 0.15) is 29.3 Å². The van der Waals surface area contributed by atoms with Gasteiger partial charge in [-0.25, -0.2) is 0 Å². The topological polar surface area (TPSA) is 78.0 Å². The maximum atomic E-state index is 11.7. The van der Waals surface area contributed by atoms with Crippen molar-refractivity contribution in [2.45, 2.75) is 19.8 Å². The third-order valence-corrected chi connectivity index (χ3v) is 4.11. The minimum absolute atomic E-state index is 0. The van der Waals surface area contributed by atoms with Crippen molar-refractivity contribution in [2.75, 3.05) is 60.5 Å². The summed E-state index contributed by atoms with van der Waals surface area (Å²) >= 11 is 0. The molecule has 0 radical (unpaired) electrons. The minimum Gasteiger partial charge on any atom is -0.385 e. The second-order valence-corrected chi connectivity index (χ2v) is 6.37. The van der Waals surface area contributed by atoms with Gasteiger partial charge in [-0.05, 0) is 44.5 Å². The number of likely N-dealkylation sites (N-methyl/N-ethyl adjacent to an activating group) is 1. The average molecular weight is 505 g/mol. The molecule has 0 saturated carbocycles. The van der Waals surface area contributed by atoms with Gasteiger partial charge in [-0.3, -0.25) is 9.79 Å². The van der Waals surface area contributed by atoms with Crippen LogP contribution < -0.4 is 16.0 Å². The fourth-order valence-electron chi connectivity index (χ4n) is 2.60. The van der Waals surface area contributed by atoms with Crippen molar-refractivity contribution < 1.29 is 9.53 Å². The summed E-state index contributed by atoms with van der Waals surface area (Å²) in [6.07, 6.45) is 1.86. The van der Waals surface area contributed by atoms with E-state index in [1.807, 2.05) is 24.3 Å². The molecule has 0 heterocycles. The highest BCUT2D eigenvalue weighted by molar-refractivity contribution is 14.0. The van der Waals surface area contributed by atoms with Gasteiger partial charge >= 0.3 is 0 Å². The summed E-state index contributed by atoms with van der Waals surface area (Å²) in [5.41, 5.74) is 1.81. The Morgan fingerprint density at radius 2 is 2.04 bits per heavy atom. The third kappa shape index (κ3) is 11.5. The number of guanidine groups is 1. The first-order valence-corrected chi connectivity index (χ1v) is 9.61. The van der Waals surface area contributed by atoms with Crippen molar-refractivity contribution in [3.63, 3.8) is 0 Å². The van der Waals surface area contributed by atoms with Crippen molar-refractivity contribution in [1.82, 2.24) is 20.9 Å². The van der Waals surface area contributed by atoms with Crippen molar-refractivity contribution in [3.8, 4) is 0 Å². The molecule has 0 atom stereocenters. The van der Waals surface area contributed by atoms with Crippen molar-refractivity contribution in [2.24, 2.45) is 4.99 Å². The Morgan fingerprint density at radius 3 is 2.71 bits per heavy atom. The van der Waals surface area contributed by atoms with Gasteiger partial charge in [0.2, 0.25) is 0 Å². The molecule has 160 valence electrons. The number of nitrogens with one attached hydrogen (secondary N) is 3. The lowest BCUT2D eigenvalue weighted by Crippen LogP contribution is -2.39. The second kappa shape index (κ2) is 16.6. The molecule has 0 aliphatic carbocycles. The zero-order chi connectivity index (χ0) is 19.9. The van der Waals surface area contributed by atoms with E-state index in [2.05, 4.69) is 39.8 Å². The summed E-state index contributed by atoms with van der Waals surface area (Å²) in [5.74, 6) is 0.763. The van der Waals surface area contributed by atoms with E-state index in [-0.39, 0.29) is 29.9 Å². The first-order valence-electron chi connectivity index (χ1n) is 9.61. The molecule has 0 fully saturated rings. The number of carbonyl (C=O) groups excluding carboxylic acids is 1. The van der Waals surface area contributed by atoms with Crippen LogP contribution in [0.15, 0.2) is 29.3 Å². The number of nitrogens with zero attached hydrogens (tertiary/aromatic N) is 2. The highest BCUT2D eigenvalue weighted by Gasteiger charge is 2.04. The number of rotatable bonds is 12. The van der Waals surface area contributed by atoms with Crippen molar-refractivity contribution in [3.05, 3.63) is 35.4 Å². The summed E-state index contributed by atoms with van der Waals surface area (Å²) in [6.45, 7) is 7.09. The lowest BCUT2D eigenvalue weighted by Gasteiger charge is -2.16. The van der Waals surface area contributed by atoms with Crippen LogP contribution in [-0.4, -0.2) is 77.3 Å². The van der Waals surface area contributed by atoms with Crippen LogP contribution in [0.2, 0.25) is 0 Å².